The van der Waals surface area contributed by atoms with Gasteiger partial charge < -0.3 is 14.8 Å². The zero-order valence-electron chi connectivity index (χ0n) is 16.4. The van der Waals surface area contributed by atoms with Crippen molar-refractivity contribution in [2.75, 3.05) is 13.7 Å². The first-order valence-corrected chi connectivity index (χ1v) is 9.29. The van der Waals surface area contributed by atoms with Gasteiger partial charge in [0.1, 0.15) is 0 Å². The van der Waals surface area contributed by atoms with Crippen LogP contribution in [0.3, 0.4) is 0 Å². The maximum Gasteiger partial charge on any atom is 0.258 e. The molecule has 3 aromatic rings. The van der Waals surface area contributed by atoms with Crippen molar-refractivity contribution in [2.24, 2.45) is 0 Å². The van der Waals surface area contributed by atoms with Crippen molar-refractivity contribution in [2.45, 2.75) is 13.0 Å². The van der Waals surface area contributed by atoms with Gasteiger partial charge in [-0.15, -0.1) is 0 Å². The third-order valence-electron chi connectivity index (χ3n) is 4.50. The molecule has 0 radical (unpaired) electrons. The van der Waals surface area contributed by atoms with E-state index in [1.807, 2.05) is 60.7 Å². The molecule has 5 heteroatoms. The Morgan fingerprint density at radius 3 is 1.97 bits per heavy atom. The molecular formula is C24H23NO4. The predicted octanol–water partition coefficient (Wildman–Crippen LogP) is 4.18. The van der Waals surface area contributed by atoms with Crippen molar-refractivity contribution in [3.63, 3.8) is 0 Å². The van der Waals surface area contributed by atoms with Crippen molar-refractivity contribution < 1.29 is 19.1 Å². The average molecular weight is 389 g/mol. The summed E-state index contributed by atoms with van der Waals surface area (Å²) in [5, 5.41) is 3.03. The second kappa shape index (κ2) is 9.55. The second-order valence-corrected chi connectivity index (χ2v) is 6.53. The Bertz CT molecular complexity index is 931. The van der Waals surface area contributed by atoms with Crippen molar-refractivity contribution >= 4 is 11.7 Å². The Hall–Kier alpha value is -3.60. The first-order valence-electron chi connectivity index (χ1n) is 9.29. The summed E-state index contributed by atoms with van der Waals surface area (Å²) in [6, 6.07) is 24.1. The number of benzene rings is 3. The fraction of sp³-hybridized carbons (Fsp3) is 0.167. The number of rotatable bonds is 8. The van der Waals surface area contributed by atoms with E-state index in [9.17, 15) is 9.59 Å². The van der Waals surface area contributed by atoms with Gasteiger partial charge in [-0.2, -0.15) is 0 Å². The Kier molecular flexibility index (Phi) is 6.63. The van der Waals surface area contributed by atoms with E-state index in [0.717, 1.165) is 11.1 Å². The molecule has 0 bridgehead atoms. The molecule has 148 valence electrons. The summed E-state index contributed by atoms with van der Waals surface area (Å²) in [4.78, 5) is 24.1. The summed E-state index contributed by atoms with van der Waals surface area (Å²) >= 11 is 0. The van der Waals surface area contributed by atoms with Gasteiger partial charge in [0.25, 0.3) is 5.91 Å². The molecule has 0 aromatic heterocycles. The minimum absolute atomic E-state index is 0.0684. The summed E-state index contributed by atoms with van der Waals surface area (Å²) in [7, 11) is 1.49. The van der Waals surface area contributed by atoms with E-state index < -0.39 is 0 Å². The van der Waals surface area contributed by atoms with Gasteiger partial charge in [-0.3, -0.25) is 9.59 Å². The average Bonchev–Trinajstić information content (AvgIpc) is 2.77. The number of amides is 1. The molecule has 0 aliphatic rings. The Balaban J connectivity index is 1.72. The lowest BCUT2D eigenvalue weighted by Crippen LogP contribution is -2.33. The SMILES string of the molecule is COc1cc(C(C)=O)ccc1OCC(=O)NC(c1ccccc1)c1ccccc1. The molecule has 0 aliphatic heterocycles. The van der Waals surface area contributed by atoms with Gasteiger partial charge in [-0.05, 0) is 36.2 Å². The van der Waals surface area contributed by atoms with E-state index in [-0.39, 0.29) is 24.3 Å². The molecule has 0 atom stereocenters. The molecule has 0 saturated heterocycles. The quantitative estimate of drug-likeness (QED) is 0.587. The molecule has 3 aromatic carbocycles. The van der Waals surface area contributed by atoms with Gasteiger partial charge >= 0.3 is 0 Å². The molecule has 0 spiro atoms. The molecule has 0 unspecified atom stereocenters. The minimum atomic E-state index is -0.282. The Labute approximate surface area is 170 Å². The van der Waals surface area contributed by atoms with E-state index in [1.165, 1.54) is 14.0 Å². The molecule has 5 nitrogen and oxygen atoms in total. The van der Waals surface area contributed by atoms with Crippen LogP contribution in [0.1, 0.15) is 34.5 Å². The first-order chi connectivity index (χ1) is 14.1. The van der Waals surface area contributed by atoms with Crippen molar-refractivity contribution in [1.29, 1.82) is 0 Å². The smallest absolute Gasteiger partial charge is 0.258 e. The highest BCUT2D eigenvalue weighted by Crippen LogP contribution is 2.28. The summed E-state index contributed by atoms with van der Waals surface area (Å²) in [5.74, 6) is 0.485. The molecule has 0 saturated carbocycles. The third kappa shape index (κ3) is 5.23. The van der Waals surface area contributed by atoms with Crippen LogP contribution < -0.4 is 14.8 Å². The summed E-state index contributed by atoms with van der Waals surface area (Å²) < 4.78 is 10.9. The van der Waals surface area contributed by atoms with Crippen LogP contribution in [0, 0.1) is 0 Å². The number of carbonyl (C=O) groups is 2. The lowest BCUT2D eigenvalue weighted by molar-refractivity contribution is -0.123. The number of ketones is 1. The second-order valence-electron chi connectivity index (χ2n) is 6.53. The van der Waals surface area contributed by atoms with E-state index in [2.05, 4.69) is 5.32 Å². The molecule has 1 N–H and O–H groups in total. The first kappa shape index (κ1) is 20.1. The van der Waals surface area contributed by atoms with Crippen molar-refractivity contribution in [3.05, 3.63) is 95.6 Å². The highest BCUT2D eigenvalue weighted by atomic mass is 16.5. The van der Waals surface area contributed by atoms with E-state index in [4.69, 9.17) is 9.47 Å². The van der Waals surface area contributed by atoms with E-state index >= 15 is 0 Å². The Morgan fingerprint density at radius 2 is 1.45 bits per heavy atom. The minimum Gasteiger partial charge on any atom is -0.493 e. The lowest BCUT2D eigenvalue weighted by Gasteiger charge is -2.20. The zero-order valence-corrected chi connectivity index (χ0v) is 16.4. The maximum atomic E-state index is 12.6. The Morgan fingerprint density at radius 1 is 0.862 bits per heavy atom. The molecule has 3 rings (SSSR count). The van der Waals surface area contributed by atoms with Crippen LogP contribution in [0.25, 0.3) is 0 Å². The fourth-order valence-corrected chi connectivity index (χ4v) is 3.00. The topological polar surface area (TPSA) is 64.6 Å². The molecule has 0 heterocycles. The maximum absolute atomic E-state index is 12.6. The molecule has 1 amide bonds. The van der Waals surface area contributed by atoms with Crippen molar-refractivity contribution in [3.8, 4) is 11.5 Å². The van der Waals surface area contributed by atoms with E-state index in [0.29, 0.717) is 17.1 Å². The molecule has 0 aliphatic carbocycles. The van der Waals surface area contributed by atoms with Crippen LogP contribution in [0.2, 0.25) is 0 Å². The van der Waals surface area contributed by atoms with Gasteiger partial charge in [0.05, 0.1) is 13.2 Å². The van der Waals surface area contributed by atoms with Crippen molar-refractivity contribution in [1.82, 2.24) is 5.32 Å². The number of methoxy groups -OCH3 is 1. The van der Waals surface area contributed by atoms with Crippen LogP contribution in [0.4, 0.5) is 0 Å². The summed E-state index contributed by atoms with van der Waals surface area (Å²) in [6.45, 7) is 1.31. The van der Waals surface area contributed by atoms with Crippen LogP contribution in [-0.4, -0.2) is 25.4 Å². The number of Topliss-reactive ketones (excluding diaryl/α,β-unsaturated/α-hetero) is 1. The highest BCUT2D eigenvalue weighted by Gasteiger charge is 2.17. The van der Waals surface area contributed by atoms with Gasteiger partial charge in [0.2, 0.25) is 0 Å². The summed E-state index contributed by atoms with van der Waals surface area (Å²) in [5.41, 5.74) is 2.48. The molecule has 29 heavy (non-hydrogen) atoms. The third-order valence-corrected chi connectivity index (χ3v) is 4.50. The lowest BCUT2D eigenvalue weighted by atomic mass is 9.99. The normalized spacial score (nSPS) is 10.4. The van der Waals surface area contributed by atoms with Crippen LogP contribution in [0.5, 0.6) is 11.5 Å². The fourth-order valence-electron chi connectivity index (χ4n) is 3.00. The predicted molar refractivity (Wildman–Crippen MR) is 111 cm³/mol. The van der Waals surface area contributed by atoms with Crippen LogP contribution in [-0.2, 0) is 4.79 Å². The summed E-state index contributed by atoms with van der Waals surface area (Å²) in [6.07, 6.45) is 0. The van der Waals surface area contributed by atoms with Gasteiger partial charge in [0.15, 0.2) is 23.9 Å². The van der Waals surface area contributed by atoms with Crippen LogP contribution in [0.15, 0.2) is 78.9 Å². The van der Waals surface area contributed by atoms with Gasteiger partial charge in [0, 0.05) is 5.56 Å². The highest BCUT2D eigenvalue weighted by molar-refractivity contribution is 5.94. The number of ether oxygens (including phenoxy) is 2. The monoisotopic (exact) mass is 389 g/mol. The number of carbonyl (C=O) groups excluding carboxylic acids is 2. The van der Waals surface area contributed by atoms with E-state index in [1.54, 1.807) is 18.2 Å². The number of hydrogen-bond acceptors (Lipinski definition) is 4. The largest absolute Gasteiger partial charge is 0.493 e. The van der Waals surface area contributed by atoms with Gasteiger partial charge in [-0.25, -0.2) is 0 Å². The molecular weight excluding hydrogens is 366 g/mol. The van der Waals surface area contributed by atoms with Gasteiger partial charge in [-0.1, -0.05) is 60.7 Å². The standard InChI is InChI=1S/C24H23NO4/c1-17(26)20-13-14-21(22(15-20)28-2)29-16-23(27)25-24(18-9-5-3-6-10-18)19-11-7-4-8-12-19/h3-15,24H,16H2,1-2H3,(H,25,27). The zero-order chi connectivity index (χ0) is 20.6. The molecule has 0 fully saturated rings. The number of hydrogen-bond donors (Lipinski definition) is 1. The van der Waals surface area contributed by atoms with Crippen LogP contribution >= 0.6 is 0 Å². The number of nitrogens with one attached hydrogen (secondary N) is 1.